The number of ether oxygens (including phenoxy) is 1. The fraction of sp³-hybridized carbons (Fsp3) is 0.469. The normalized spacial score (nSPS) is 15.8. The Bertz CT molecular complexity index is 2760. The second-order valence-corrected chi connectivity index (χ2v) is 25.7. The van der Waals surface area contributed by atoms with Crippen LogP contribution in [0.5, 0.6) is 0 Å². The molecule has 0 spiro atoms. The molecule has 0 aliphatic carbocycles. The van der Waals surface area contributed by atoms with Crippen molar-refractivity contribution in [2.75, 3.05) is 62.4 Å². The van der Waals surface area contributed by atoms with E-state index >= 15 is 0 Å². The topological polar surface area (TPSA) is 184 Å². The summed E-state index contributed by atoms with van der Waals surface area (Å²) in [5, 5.41) is 20.4. The molecule has 6 heterocycles. The van der Waals surface area contributed by atoms with Crippen molar-refractivity contribution in [1.29, 1.82) is 0 Å². The molecule has 2 N–H and O–H groups in total. The lowest BCUT2D eigenvalue weighted by Gasteiger charge is -2.36. The second kappa shape index (κ2) is 19.2. The van der Waals surface area contributed by atoms with Gasteiger partial charge in [-0.15, -0.1) is 0 Å². The van der Waals surface area contributed by atoms with E-state index in [0.717, 1.165) is 94.7 Å². The van der Waals surface area contributed by atoms with Crippen LogP contribution in [0.1, 0.15) is 79.2 Å². The molecule has 0 unspecified atom stereocenters. The van der Waals surface area contributed by atoms with Gasteiger partial charge in [0, 0.05) is 94.2 Å². The number of nitrogens with one attached hydrogen (secondary N) is 2. The van der Waals surface area contributed by atoms with Crippen LogP contribution in [-0.2, 0) is 21.5 Å². The highest BCUT2D eigenvalue weighted by Gasteiger charge is 2.36. The van der Waals surface area contributed by atoms with Crippen LogP contribution in [0.25, 0.3) is 33.4 Å². The smallest absolute Gasteiger partial charge is 0.333 e. The van der Waals surface area contributed by atoms with E-state index in [0.29, 0.717) is 31.2 Å². The summed E-state index contributed by atoms with van der Waals surface area (Å²) in [7, 11) is -1.29. The molecular formula is C49H64N12O5Si. The Balaban J connectivity index is 0.851. The molecule has 67 heavy (non-hydrogen) atoms. The Kier molecular flexibility index (Phi) is 13.5. The molecule has 1 atom stereocenters. The fourth-order valence-corrected chi connectivity index (χ4v) is 9.49. The van der Waals surface area contributed by atoms with Gasteiger partial charge in [0.05, 0.1) is 29.7 Å². The zero-order valence-electron chi connectivity index (χ0n) is 40.6. The van der Waals surface area contributed by atoms with Gasteiger partial charge >= 0.3 is 6.03 Å². The van der Waals surface area contributed by atoms with E-state index in [9.17, 15) is 14.4 Å². The predicted molar refractivity (Wildman–Crippen MR) is 262 cm³/mol. The minimum Gasteiger partial charge on any atom is -0.369 e. The molecule has 4 aromatic heterocycles. The molecule has 0 saturated carbocycles. The number of pyridine rings is 1. The number of aryl methyl sites for hydroxylation is 2. The van der Waals surface area contributed by atoms with Gasteiger partial charge in [-0.1, -0.05) is 69.8 Å². The minimum absolute atomic E-state index is 0.0164. The van der Waals surface area contributed by atoms with Crippen molar-refractivity contribution in [1.82, 2.24) is 50.2 Å². The number of anilines is 2. The van der Waals surface area contributed by atoms with Crippen LogP contribution in [0, 0.1) is 20.8 Å². The summed E-state index contributed by atoms with van der Waals surface area (Å²) >= 11 is 0. The van der Waals surface area contributed by atoms with Crippen molar-refractivity contribution >= 4 is 48.3 Å². The minimum atomic E-state index is -1.29. The van der Waals surface area contributed by atoms with Crippen LogP contribution in [-0.4, -0.2) is 123 Å². The summed E-state index contributed by atoms with van der Waals surface area (Å²) in [5.74, 6) is -0.159. The Hall–Kier alpha value is -6.24. The van der Waals surface area contributed by atoms with Crippen LogP contribution < -0.4 is 15.1 Å². The average Bonchev–Trinajstić information content (AvgIpc) is 4.03. The third-order valence-electron chi connectivity index (χ3n) is 12.8. The molecule has 2 fully saturated rings. The molecule has 18 heteroatoms. The number of hydrogen-bond donors (Lipinski definition) is 2. The van der Waals surface area contributed by atoms with Crippen molar-refractivity contribution in [3.8, 4) is 22.4 Å². The molecule has 2 aromatic carbocycles. The first kappa shape index (κ1) is 47.3. The first-order valence-electron chi connectivity index (χ1n) is 23.3. The molecule has 0 radical (unpaired) electrons. The van der Waals surface area contributed by atoms with Crippen molar-refractivity contribution in [3.05, 3.63) is 89.0 Å². The first-order valence-corrected chi connectivity index (χ1v) is 27.0. The highest BCUT2D eigenvalue weighted by atomic mass is 28.3. The zero-order valence-corrected chi connectivity index (χ0v) is 41.6. The van der Waals surface area contributed by atoms with Gasteiger partial charge in [-0.05, 0) is 74.7 Å². The lowest BCUT2D eigenvalue weighted by molar-refractivity contribution is -0.133. The molecule has 2 aliphatic heterocycles. The van der Waals surface area contributed by atoms with E-state index in [4.69, 9.17) is 19.3 Å². The summed E-state index contributed by atoms with van der Waals surface area (Å²) in [5.41, 5.74) is 9.82. The SMILES string of the molecule is Cc1cc(-c2n[nH]c3ncc(-c4ccc(N5CCN(CCn6nc(C)c(N7CCC(=O)N(COCC[Si](C)(C)C)C7=O)c6C)CC5)cc4)cc23)ccc1[C@@H](C)NC(=O)c1noc(C(C)(C)C)n1. The molecule has 2 aliphatic rings. The number of urea groups is 1. The van der Waals surface area contributed by atoms with E-state index in [2.05, 4.69) is 91.5 Å². The van der Waals surface area contributed by atoms with E-state index in [-0.39, 0.29) is 42.4 Å². The number of piperazine rings is 1. The molecular weight excluding hydrogens is 865 g/mol. The molecule has 17 nitrogen and oxygen atoms in total. The maximum Gasteiger partial charge on any atom is 0.333 e. The lowest BCUT2D eigenvalue weighted by atomic mass is 9.97. The van der Waals surface area contributed by atoms with Gasteiger partial charge in [-0.2, -0.15) is 15.2 Å². The van der Waals surface area contributed by atoms with Gasteiger partial charge in [0.25, 0.3) is 11.7 Å². The lowest BCUT2D eigenvalue weighted by Crippen LogP contribution is -2.53. The third-order valence-corrected chi connectivity index (χ3v) is 14.5. The van der Waals surface area contributed by atoms with E-state index in [1.165, 1.54) is 10.6 Å². The number of H-pyrrole nitrogens is 1. The number of benzene rings is 2. The maximum absolute atomic E-state index is 13.6. The van der Waals surface area contributed by atoms with Crippen LogP contribution >= 0.6 is 0 Å². The van der Waals surface area contributed by atoms with E-state index in [1.54, 1.807) is 4.90 Å². The summed E-state index contributed by atoms with van der Waals surface area (Å²) in [4.78, 5) is 56.1. The van der Waals surface area contributed by atoms with Gasteiger partial charge < -0.3 is 19.5 Å². The largest absolute Gasteiger partial charge is 0.369 e. The van der Waals surface area contributed by atoms with Crippen molar-refractivity contribution in [2.45, 2.75) is 98.6 Å². The molecule has 6 aromatic rings. The van der Waals surface area contributed by atoms with Crippen LogP contribution in [0.3, 0.4) is 0 Å². The van der Waals surface area contributed by atoms with Crippen molar-refractivity contribution in [3.63, 3.8) is 0 Å². The van der Waals surface area contributed by atoms with Crippen molar-refractivity contribution in [2.24, 2.45) is 0 Å². The monoisotopic (exact) mass is 928 g/mol. The molecule has 4 amide bonds. The number of nitrogens with zero attached hydrogens (tertiary/aromatic N) is 10. The molecule has 354 valence electrons. The number of rotatable bonds is 15. The number of imide groups is 1. The van der Waals surface area contributed by atoms with Gasteiger partial charge in [0.15, 0.2) is 5.65 Å². The van der Waals surface area contributed by atoms with Crippen LogP contribution in [0.2, 0.25) is 25.7 Å². The number of aromatic amines is 1. The van der Waals surface area contributed by atoms with E-state index < -0.39 is 14.0 Å². The zero-order chi connectivity index (χ0) is 47.8. The number of hydrogen-bond acceptors (Lipinski definition) is 12. The molecule has 2 saturated heterocycles. The highest BCUT2D eigenvalue weighted by Crippen LogP contribution is 2.33. The third kappa shape index (κ3) is 10.5. The maximum atomic E-state index is 13.6. The second-order valence-electron chi connectivity index (χ2n) is 20.1. The van der Waals surface area contributed by atoms with Gasteiger partial charge in [0.2, 0.25) is 11.8 Å². The number of carbonyl (C=O) groups is 3. The number of carbonyl (C=O) groups excluding carboxylic acids is 3. The van der Waals surface area contributed by atoms with Gasteiger partial charge in [-0.3, -0.25) is 29.2 Å². The average molecular weight is 929 g/mol. The predicted octanol–water partition coefficient (Wildman–Crippen LogP) is 7.88. The standard InChI is InChI=1S/C49H64N12O5Si/c1-31-27-36(13-16-39(31)32(2)51-46(63)45-52-47(66-56-45)49(5,6)7)42-40-28-37(29-50-44(40)54-53-42)35-11-14-38(15-12-35)58-22-19-57(20-23-58)21-24-61-34(4)43(33(3)55-61)59-18-17-41(62)60(48(59)64)30-65-25-26-67(8,9)10/h11-16,27-29,32H,17-26,30H2,1-10H3,(H,51,63)(H,50,53,54)/t32-/m1/s1. The quantitative estimate of drug-likeness (QED) is 0.0752. The Morgan fingerprint density at radius 3 is 2.36 bits per heavy atom. The fourth-order valence-electron chi connectivity index (χ4n) is 8.74. The summed E-state index contributed by atoms with van der Waals surface area (Å²) in [6, 6.07) is 17.3. The van der Waals surface area contributed by atoms with Gasteiger partial charge in [-0.25, -0.2) is 14.7 Å². The Morgan fingerprint density at radius 2 is 1.67 bits per heavy atom. The van der Waals surface area contributed by atoms with Gasteiger partial charge in [0.1, 0.15) is 12.4 Å². The van der Waals surface area contributed by atoms with Crippen molar-refractivity contribution < 1.29 is 23.6 Å². The number of amides is 4. The number of aromatic nitrogens is 7. The highest BCUT2D eigenvalue weighted by molar-refractivity contribution is 6.76. The summed E-state index contributed by atoms with van der Waals surface area (Å²) < 4.78 is 13.1. The summed E-state index contributed by atoms with van der Waals surface area (Å²) in [6.07, 6.45) is 2.13. The Morgan fingerprint density at radius 1 is 0.940 bits per heavy atom. The molecule has 0 bridgehead atoms. The van der Waals surface area contributed by atoms with Crippen LogP contribution in [0.15, 0.2) is 59.3 Å². The van der Waals surface area contributed by atoms with E-state index in [1.807, 2.05) is 71.5 Å². The molecule has 8 rings (SSSR count). The summed E-state index contributed by atoms with van der Waals surface area (Å²) in [6.45, 7) is 26.6. The van der Waals surface area contributed by atoms with Crippen LogP contribution in [0.4, 0.5) is 16.2 Å². The first-order chi connectivity index (χ1) is 31.8. The number of fused-ring (bicyclic) bond motifs is 1. The Labute approximate surface area is 393 Å².